The van der Waals surface area contributed by atoms with Gasteiger partial charge in [0.05, 0.1) is 0 Å². The predicted octanol–water partition coefficient (Wildman–Crippen LogP) is 5.10. The predicted molar refractivity (Wildman–Crippen MR) is 83.9 cm³/mol. The summed E-state index contributed by atoms with van der Waals surface area (Å²) in [7, 11) is 0. The first-order chi connectivity index (χ1) is 10.3. The minimum Gasteiger partial charge on any atom is -0.337 e. The summed E-state index contributed by atoms with van der Waals surface area (Å²) in [5, 5.41) is 0. The highest BCUT2D eigenvalue weighted by molar-refractivity contribution is 5.25. The van der Waals surface area contributed by atoms with Crippen LogP contribution in [0.4, 0.5) is 0 Å². The maximum Gasteiger partial charge on any atom is 0.165 e. The molecule has 2 atom stereocenters. The van der Waals surface area contributed by atoms with Gasteiger partial charge in [0.2, 0.25) is 0 Å². The van der Waals surface area contributed by atoms with Crippen LogP contribution in [0.25, 0.3) is 0 Å². The normalized spacial score (nSPS) is 25.5. The Morgan fingerprint density at radius 3 is 2.24 bits per heavy atom. The molecule has 0 aromatic heterocycles. The van der Waals surface area contributed by atoms with E-state index in [0.717, 1.165) is 12.2 Å². The minimum absolute atomic E-state index is 0.338. The van der Waals surface area contributed by atoms with Gasteiger partial charge in [0.25, 0.3) is 0 Å². The van der Waals surface area contributed by atoms with E-state index in [0.29, 0.717) is 5.92 Å². The Kier molecular flexibility index (Phi) is 4.26. The first-order valence-electron chi connectivity index (χ1n) is 7.77. The number of hydrogen-bond donors (Lipinski definition) is 0. The summed E-state index contributed by atoms with van der Waals surface area (Å²) >= 11 is 0. The van der Waals surface area contributed by atoms with Gasteiger partial charge < -0.3 is 4.89 Å². The Morgan fingerprint density at radius 1 is 0.905 bits per heavy atom. The first-order valence-corrected chi connectivity index (χ1v) is 7.77. The molecule has 0 N–H and O–H groups in total. The van der Waals surface area contributed by atoms with E-state index in [4.69, 9.17) is 9.78 Å². The van der Waals surface area contributed by atoms with Crippen LogP contribution in [0.3, 0.4) is 0 Å². The Bertz CT molecular complexity index is 552. The zero-order chi connectivity index (χ0) is 14.5. The Labute approximate surface area is 126 Å². The average Bonchev–Trinajstić information content (AvgIpc) is 2.56. The van der Waals surface area contributed by atoms with E-state index in [2.05, 4.69) is 31.2 Å². The summed E-state index contributed by atoms with van der Waals surface area (Å²) in [6, 6.07) is 20.2. The summed E-state index contributed by atoms with van der Waals surface area (Å²) in [5.41, 5.74) is 0.878. The van der Waals surface area contributed by atoms with Crippen LogP contribution in [-0.2, 0) is 10.5 Å². The van der Waals surface area contributed by atoms with E-state index in [-0.39, 0.29) is 5.60 Å². The van der Waals surface area contributed by atoms with Crippen LogP contribution in [0.2, 0.25) is 0 Å². The highest BCUT2D eigenvalue weighted by atomic mass is 17.2. The second-order valence-electron chi connectivity index (χ2n) is 5.88. The number of hydrogen-bond acceptors (Lipinski definition) is 2. The molecule has 2 aromatic carbocycles. The summed E-state index contributed by atoms with van der Waals surface area (Å²) in [4.78, 5) is 11.7. The molecular formula is C19H22O2. The molecule has 0 heterocycles. The van der Waals surface area contributed by atoms with Crippen LogP contribution in [0.15, 0.2) is 60.7 Å². The van der Waals surface area contributed by atoms with Crippen molar-refractivity contribution < 1.29 is 9.78 Å². The van der Waals surface area contributed by atoms with Crippen LogP contribution in [0.5, 0.6) is 5.75 Å². The van der Waals surface area contributed by atoms with Gasteiger partial charge in [0, 0.05) is 0 Å². The molecule has 3 rings (SSSR count). The first kappa shape index (κ1) is 14.2. The monoisotopic (exact) mass is 282 g/mol. The lowest BCUT2D eigenvalue weighted by atomic mass is 9.72. The number of para-hydroxylation sites is 1. The van der Waals surface area contributed by atoms with Crippen molar-refractivity contribution in [3.05, 3.63) is 66.2 Å². The van der Waals surface area contributed by atoms with E-state index in [1.807, 2.05) is 36.4 Å². The topological polar surface area (TPSA) is 18.5 Å². The standard InChI is InChI=1S/C19H22O2/c1-16-10-8-9-15-19(16,17-11-4-2-5-12-17)21-20-18-13-6-3-7-14-18/h2-7,11-14,16H,8-10,15H2,1H3. The van der Waals surface area contributed by atoms with Gasteiger partial charge in [-0.05, 0) is 36.5 Å². The van der Waals surface area contributed by atoms with E-state index >= 15 is 0 Å². The SMILES string of the molecule is CC1CCCCC1(OOc1ccccc1)c1ccccc1. The molecule has 21 heavy (non-hydrogen) atoms. The zero-order valence-corrected chi connectivity index (χ0v) is 12.5. The Hall–Kier alpha value is -1.80. The maximum atomic E-state index is 6.05. The quantitative estimate of drug-likeness (QED) is 0.573. The van der Waals surface area contributed by atoms with Gasteiger partial charge in [-0.3, -0.25) is 0 Å². The molecular weight excluding hydrogens is 260 g/mol. The molecule has 110 valence electrons. The van der Waals surface area contributed by atoms with Crippen molar-refractivity contribution in [2.24, 2.45) is 5.92 Å². The van der Waals surface area contributed by atoms with Crippen molar-refractivity contribution in [3.8, 4) is 5.75 Å². The van der Waals surface area contributed by atoms with Crippen molar-refractivity contribution in [2.45, 2.75) is 38.2 Å². The molecule has 1 saturated carbocycles. The van der Waals surface area contributed by atoms with Crippen molar-refractivity contribution in [1.29, 1.82) is 0 Å². The molecule has 1 fully saturated rings. The smallest absolute Gasteiger partial charge is 0.165 e. The third-order valence-corrected chi connectivity index (χ3v) is 4.52. The summed E-state index contributed by atoms with van der Waals surface area (Å²) in [5.74, 6) is 1.20. The van der Waals surface area contributed by atoms with E-state index in [1.165, 1.54) is 24.8 Å². The molecule has 0 bridgehead atoms. The zero-order valence-electron chi connectivity index (χ0n) is 12.5. The molecule has 2 aromatic rings. The fourth-order valence-electron chi connectivity index (χ4n) is 3.24. The number of benzene rings is 2. The van der Waals surface area contributed by atoms with Crippen LogP contribution >= 0.6 is 0 Å². The third-order valence-electron chi connectivity index (χ3n) is 4.52. The van der Waals surface area contributed by atoms with Gasteiger partial charge in [-0.15, -0.1) is 0 Å². The molecule has 0 spiro atoms. The van der Waals surface area contributed by atoms with Gasteiger partial charge in [-0.1, -0.05) is 68.3 Å². The van der Waals surface area contributed by atoms with Crippen LogP contribution < -0.4 is 4.89 Å². The molecule has 2 nitrogen and oxygen atoms in total. The molecule has 0 radical (unpaired) electrons. The van der Waals surface area contributed by atoms with Gasteiger partial charge in [-0.25, -0.2) is 0 Å². The molecule has 1 aliphatic carbocycles. The van der Waals surface area contributed by atoms with Crippen molar-refractivity contribution in [2.75, 3.05) is 0 Å². The maximum absolute atomic E-state index is 6.05. The van der Waals surface area contributed by atoms with Gasteiger partial charge in [-0.2, -0.15) is 4.89 Å². The van der Waals surface area contributed by atoms with Gasteiger partial charge in [0.15, 0.2) is 5.75 Å². The second-order valence-corrected chi connectivity index (χ2v) is 5.88. The molecule has 2 heteroatoms. The van der Waals surface area contributed by atoms with E-state index in [1.54, 1.807) is 0 Å². The van der Waals surface area contributed by atoms with E-state index < -0.39 is 0 Å². The molecule has 0 aliphatic heterocycles. The lowest BCUT2D eigenvalue weighted by Gasteiger charge is -2.41. The Balaban J connectivity index is 1.86. The highest BCUT2D eigenvalue weighted by Crippen LogP contribution is 2.44. The van der Waals surface area contributed by atoms with Crippen molar-refractivity contribution in [1.82, 2.24) is 0 Å². The molecule has 0 amide bonds. The van der Waals surface area contributed by atoms with Crippen LogP contribution in [0, 0.1) is 5.92 Å². The van der Waals surface area contributed by atoms with Crippen molar-refractivity contribution >= 4 is 0 Å². The molecule has 0 saturated heterocycles. The van der Waals surface area contributed by atoms with Crippen LogP contribution in [-0.4, -0.2) is 0 Å². The third kappa shape index (κ3) is 2.96. The highest BCUT2D eigenvalue weighted by Gasteiger charge is 2.43. The summed E-state index contributed by atoms with van der Waals surface area (Å²) in [6.07, 6.45) is 4.62. The largest absolute Gasteiger partial charge is 0.337 e. The number of rotatable bonds is 4. The molecule has 2 unspecified atom stereocenters. The summed E-state index contributed by atoms with van der Waals surface area (Å²) in [6.45, 7) is 2.26. The Morgan fingerprint density at radius 2 is 1.57 bits per heavy atom. The van der Waals surface area contributed by atoms with Gasteiger partial charge >= 0.3 is 0 Å². The second kappa shape index (κ2) is 6.31. The summed E-state index contributed by atoms with van der Waals surface area (Å²) < 4.78 is 0. The van der Waals surface area contributed by atoms with Crippen LogP contribution in [0.1, 0.15) is 38.2 Å². The average molecular weight is 282 g/mol. The fourth-order valence-corrected chi connectivity index (χ4v) is 3.24. The fraction of sp³-hybridized carbons (Fsp3) is 0.368. The lowest BCUT2D eigenvalue weighted by Crippen LogP contribution is -2.40. The van der Waals surface area contributed by atoms with Gasteiger partial charge in [0.1, 0.15) is 5.60 Å². The van der Waals surface area contributed by atoms with E-state index in [9.17, 15) is 0 Å². The lowest BCUT2D eigenvalue weighted by molar-refractivity contribution is -0.321. The minimum atomic E-state index is -0.338. The molecule has 1 aliphatic rings. The van der Waals surface area contributed by atoms with Crippen molar-refractivity contribution in [3.63, 3.8) is 0 Å².